The van der Waals surface area contributed by atoms with Crippen LogP contribution in [0.4, 0.5) is 5.00 Å². The largest absolute Gasteiger partial charge is 0.365 e. The van der Waals surface area contributed by atoms with E-state index in [0.29, 0.717) is 16.1 Å². The summed E-state index contributed by atoms with van der Waals surface area (Å²) in [5, 5.41) is 3.50. The van der Waals surface area contributed by atoms with E-state index >= 15 is 0 Å². The molecule has 28 heavy (non-hydrogen) atoms. The molecule has 5 heteroatoms. The number of nitrogens with one attached hydrogen (secondary N) is 1. The van der Waals surface area contributed by atoms with Crippen LogP contribution in [0.5, 0.6) is 0 Å². The number of amides is 2. The highest BCUT2D eigenvalue weighted by atomic mass is 32.1. The second-order valence-electron chi connectivity index (χ2n) is 6.71. The highest BCUT2D eigenvalue weighted by molar-refractivity contribution is 7.17. The SMILES string of the molecule is NC(=O)c1c(NC(=O)C(=Cc2ccccc2)c2ccccc2)sc2c1CCC2. The van der Waals surface area contributed by atoms with E-state index in [-0.39, 0.29) is 5.91 Å². The van der Waals surface area contributed by atoms with E-state index in [0.717, 1.165) is 40.8 Å². The Kier molecular flexibility index (Phi) is 5.08. The van der Waals surface area contributed by atoms with Gasteiger partial charge < -0.3 is 11.1 Å². The summed E-state index contributed by atoms with van der Waals surface area (Å²) in [6.07, 6.45) is 4.65. The zero-order chi connectivity index (χ0) is 19.5. The molecule has 2 amide bonds. The van der Waals surface area contributed by atoms with Crippen LogP contribution in [0.15, 0.2) is 60.7 Å². The number of rotatable bonds is 5. The van der Waals surface area contributed by atoms with Crippen LogP contribution < -0.4 is 11.1 Å². The minimum atomic E-state index is -0.483. The Labute approximate surface area is 167 Å². The van der Waals surface area contributed by atoms with Gasteiger partial charge in [0.2, 0.25) is 0 Å². The second kappa shape index (κ2) is 7.82. The third kappa shape index (κ3) is 3.62. The molecule has 0 aliphatic heterocycles. The lowest BCUT2D eigenvalue weighted by Crippen LogP contribution is -2.18. The Morgan fingerprint density at radius 2 is 1.64 bits per heavy atom. The molecule has 140 valence electrons. The minimum absolute atomic E-state index is 0.252. The Hall–Kier alpha value is -3.18. The van der Waals surface area contributed by atoms with Gasteiger partial charge in [-0.2, -0.15) is 0 Å². The third-order valence-electron chi connectivity index (χ3n) is 4.83. The summed E-state index contributed by atoms with van der Waals surface area (Å²) in [5.74, 6) is -0.736. The highest BCUT2D eigenvalue weighted by Gasteiger charge is 2.26. The first-order valence-electron chi connectivity index (χ1n) is 9.21. The van der Waals surface area contributed by atoms with E-state index in [1.165, 1.54) is 11.3 Å². The Balaban J connectivity index is 1.72. The average Bonchev–Trinajstić information content (AvgIpc) is 3.28. The molecule has 3 N–H and O–H groups in total. The molecule has 1 heterocycles. The topological polar surface area (TPSA) is 72.2 Å². The molecule has 3 aromatic rings. The fourth-order valence-electron chi connectivity index (χ4n) is 3.54. The lowest BCUT2D eigenvalue weighted by atomic mass is 10.0. The molecule has 4 nitrogen and oxygen atoms in total. The quantitative estimate of drug-likeness (QED) is 0.498. The van der Waals surface area contributed by atoms with Crippen molar-refractivity contribution in [1.29, 1.82) is 0 Å². The summed E-state index contributed by atoms with van der Waals surface area (Å²) in [6, 6.07) is 19.2. The van der Waals surface area contributed by atoms with Crippen molar-refractivity contribution in [3.05, 3.63) is 87.8 Å². The van der Waals surface area contributed by atoms with E-state index < -0.39 is 5.91 Å². The van der Waals surface area contributed by atoms with Crippen molar-refractivity contribution in [2.45, 2.75) is 19.3 Å². The molecule has 1 aromatic heterocycles. The van der Waals surface area contributed by atoms with Crippen LogP contribution in [-0.4, -0.2) is 11.8 Å². The van der Waals surface area contributed by atoms with Crippen molar-refractivity contribution >= 4 is 39.8 Å². The summed E-state index contributed by atoms with van der Waals surface area (Å²) in [4.78, 5) is 26.4. The summed E-state index contributed by atoms with van der Waals surface area (Å²) >= 11 is 1.46. The van der Waals surface area contributed by atoms with Crippen molar-refractivity contribution in [1.82, 2.24) is 0 Å². The summed E-state index contributed by atoms with van der Waals surface area (Å²) < 4.78 is 0. The molecular weight excluding hydrogens is 368 g/mol. The van der Waals surface area contributed by atoms with Gasteiger partial charge in [-0.25, -0.2) is 0 Å². The lowest BCUT2D eigenvalue weighted by Gasteiger charge is -2.10. The zero-order valence-corrected chi connectivity index (χ0v) is 16.1. The van der Waals surface area contributed by atoms with Gasteiger partial charge in [0.05, 0.1) is 5.56 Å². The van der Waals surface area contributed by atoms with Gasteiger partial charge in [-0.3, -0.25) is 9.59 Å². The first kappa shape index (κ1) is 18.2. The standard InChI is InChI=1S/C23H20N2O2S/c24-21(26)20-17-12-7-13-19(17)28-23(20)25-22(27)18(16-10-5-2-6-11-16)14-15-8-3-1-4-9-15/h1-6,8-11,14H,7,12-13H2,(H2,24,26)(H,25,27). The predicted octanol–water partition coefficient (Wildman–Crippen LogP) is 4.52. The number of primary amides is 1. The first-order valence-corrected chi connectivity index (χ1v) is 10.0. The van der Waals surface area contributed by atoms with Crippen LogP contribution in [0.2, 0.25) is 0 Å². The molecule has 0 fully saturated rings. The molecule has 0 saturated heterocycles. The number of anilines is 1. The number of carbonyl (C=O) groups excluding carboxylic acids is 2. The highest BCUT2D eigenvalue weighted by Crippen LogP contribution is 2.39. The summed E-state index contributed by atoms with van der Waals surface area (Å²) in [7, 11) is 0. The second-order valence-corrected chi connectivity index (χ2v) is 7.82. The molecule has 2 aromatic carbocycles. The van der Waals surface area contributed by atoms with Gasteiger partial charge in [-0.1, -0.05) is 60.7 Å². The van der Waals surface area contributed by atoms with Crippen molar-refractivity contribution in [3.8, 4) is 0 Å². The van der Waals surface area contributed by atoms with Gasteiger partial charge in [0.1, 0.15) is 5.00 Å². The van der Waals surface area contributed by atoms with Crippen molar-refractivity contribution < 1.29 is 9.59 Å². The monoisotopic (exact) mass is 388 g/mol. The van der Waals surface area contributed by atoms with E-state index in [4.69, 9.17) is 5.73 Å². The molecule has 0 unspecified atom stereocenters. The van der Waals surface area contributed by atoms with E-state index in [1.54, 1.807) is 0 Å². The molecule has 0 bridgehead atoms. The van der Waals surface area contributed by atoms with Gasteiger partial charge in [-0.05, 0) is 42.0 Å². The number of hydrogen-bond acceptors (Lipinski definition) is 3. The van der Waals surface area contributed by atoms with E-state index in [9.17, 15) is 9.59 Å². The summed E-state index contributed by atoms with van der Waals surface area (Å²) in [6.45, 7) is 0. The molecule has 0 saturated carbocycles. The molecule has 4 rings (SSSR count). The van der Waals surface area contributed by atoms with Crippen LogP contribution in [0.1, 0.15) is 38.3 Å². The minimum Gasteiger partial charge on any atom is -0.365 e. The third-order valence-corrected chi connectivity index (χ3v) is 6.04. The van der Waals surface area contributed by atoms with E-state index in [2.05, 4.69) is 5.32 Å². The normalized spacial score (nSPS) is 13.2. The zero-order valence-electron chi connectivity index (χ0n) is 15.3. The van der Waals surface area contributed by atoms with Gasteiger partial charge in [0, 0.05) is 10.5 Å². The lowest BCUT2D eigenvalue weighted by molar-refractivity contribution is -0.111. The van der Waals surface area contributed by atoms with Crippen LogP contribution in [0.25, 0.3) is 11.6 Å². The maximum absolute atomic E-state index is 13.2. The van der Waals surface area contributed by atoms with Gasteiger partial charge >= 0.3 is 0 Å². The molecule has 0 spiro atoms. The number of nitrogens with two attached hydrogens (primary N) is 1. The van der Waals surface area contributed by atoms with Crippen LogP contribution in [0, 0.1) is 0 Å². The van der Waals surface area contributed by atoms with Gasteiger partial charge in [0.15, 0.2) is 0 Å². The number of thiophene rings is 1. The Morgan fingerprint density at radius 3 is 2.32 bits per heavy atom. The first-order chi connectivity index (χ1) is 13.6. The van der Waals surface area contributed by atoms with Crippen molar-refractivity contribution in [2.75, 3.05) is 5.32 Å². The molecular formula is C23H20N2O2S. The average molecular weight is 388 g/mol. The van der Waals surface area contributed by atoms with E-state index in [1.807, 2.05) is 66.7 Å². The predicted molar refractivity (Wildman–Crippen MR) is 114 cm³/mol. The number of fused-ring (bicyclic) bond motifs is 1. The van der Waals surface area contributed by atoms with Crippen LogP contribution >= 0.6 is 11.3 Å². The number of benzene rings is 2. The fourth-order valence-corrected chi connectivity index (χ4v) is 4.83. The van der Waals surface area contributed by atoms with Crippen LogP contribution in [-0.2, 0) is 17.6 Å². The number of hydrogen-bond donors (Lipinski definition) is 2. The number of carbonyl (C=O) groups is 2. The van der Waals surface area contributed by atoms with Gasteiger partial charge in [-0.15, -0.1) is 11.3 Å². The maximum Gasteiger partial charge on any atom is 0.256 e. The smallest absolute Gasteiger partial charge is 0.256 e. The van der Waals surface area contributed by atoms with Crippen molar-refractivity contribution in [3.63, 3.8) is 0 Å². The maximum atomic E-state index is 13.2. The van der Waals surface area contributed by atoms with Crippen molar-refractivity contribution in [2.24, 2.45) is 5.73 Å². The molecule has 1 aliphatic rings. The Morgan fingerprint density at radius 1 is 0.964 bits per heavy atom. The van der Waals surface area contributed by atoms with Gasteiger partial charge in [0.25, 0.3) is 11.8 Å². The molecule has 0 atom stereocenters. The molecule has 0 radical (unpaired) electrons. The molecule has 1 aliphatic carbocycles. The van der Waals surface area contributed by atoms with Crippen LogP contribution in [0.3, 0.4) is 0 Å². The Bertz CT molecular complexity index is 1050. The fraction of sp³-hybridized carbons (Fsp3) is 0.130. The summed E-state index contributed by atoms with van der Waals surface area (Å²) in [5.41, 5.74) is 9.37. The number of aryl methyl sites for hydroxylation is 1.